The van der Waals surface area contributed by atoms with E-state index in [4.69, 9.17) is 19.3 Å². The summed E-state index contributed by atoms with van der Waals surface area (Å²) in [7, 11) is 1.35. The van der Waals surface area contributed by atoms with Crippen molar-refractivity contribution >= 4 is 11.9 Å². The zero-order chi connectivity index (χ0) is 15.3. The summed E-state index contributed by atoms with van der Waals surface area (Å²) in [5, 5.41) is 28.0. The van der Waals surface area contributed by atoms with Crippen molar-refractivity contribution in [2.24, 2.45) is 0 Å². The molecule has 0 bridgehead atoms. The van der Waals surface area contributed by atoms with Crippen LogP contribution < -0.4 is 0 Å². The highest BCUT2D eigenvalue weighted by Crippen LogP contribution is 2.23. The Morgan fingerprint density at radius 3 is 2.40 bits per heavy atom. The van der Waals surface area contributed by atoms with Crippen LogP contribution in [0.25, 0.3) is 0 Å². The number of hydrogen-bond donors (Lipinski definition) is 3. The van der Waals surface area contributed by atoms with Gasteiger partial charge in [0.1, 0.15) is 31.0 Å². The van der Waals surface area contributed by atoms with Gasteiger partial charge in [0.2, 0.25) is 0 Å². The lowest BCUT2D eigenvalue weighted by Gasteiger charge is -2.40. The molecule has 1 aliphatic heterocycles. The quantitative estimate of drug-likeness (QED) is 0.528. The Bertz CT molecular complexity index is 344. The molecule has 3 N–H and O–H groups in total. The number of aliphatic hydroxyl groups excluding tert-OH is 2. The number of carbonyl (C=O) groups excluding carboxylic acids is 1. The first kappa shape index (κ1) is 16.8. The second kappa shape index (κ2) is 7.53. The smallest absolute Gasteiger partial charge is 0.306 e. The Kier molecular flexibility index (Phi) is 6.34. The molecule has 0 aromatic heterocycles. The SMILES string of the molecule is CO[C@@H]1C(COC(=O)CCC(=O)O)O[C@H](C)C(O)[C@@H]1O. The standard InChI is InChI=1S/C12H20O8/c1-6-10(16)11(17)12(18-2)7(20-6)5-19-9(15)4-3-8(13)14/h6-7,10-12,16-17H,3-5H2,1-2H3,(H,13,14)/t6-,7?,10?,11+,12-/m1/s1. The number of methoxy groups -OCH3 is 1. The van der Waals surface area contributed by atoms with Crippen molar-refractivity contribution in [2.45, 2.75) is 50.3 Å². The number of carboxylic acids is 1. The van der Waals surface area contributed by atoms with Crippen molar-refractivity contribution < 1.29 is 39.1 Å². The molecule has 2 unspecified atom stereocenters. The third-order valence-electron chi connectivity index (χ3n) is 3.15. The summed E-state index contributed by atoms with van der Waals surface area (Å²) in [6, 6.07) is 0. The molecule has 8 heteroatoms. The fourth-order valence-electron chi connectivity index (χ4n) is 2.01. The number of aliphatic hydroxyl groups is 2. The van der Waals surface area contributed by atoms with Gasteiger partial charge in [-0.2, -0.15) is 0 Å². The minimum absolute atomic E-state index is 0.176. The zero-order valence-electron chi connectivity index (χ0n) is 11.4. The fraction of sp³-hybridized carbons (Fsp3) is 0.833. The molecule has 1 aliphatic rings. The van der Waals surface area contributed by atoms with E-state index in [0.717, 1.165) is 0 Å². The van der Waals surface area contributed by atoms with Gasteiger partial charge in [0.25, 0.3) is 0 Å². The van der Waals surface area contributed by atoms with E-state index in [-0.39, 0.29) is 19.4 Å². The minimum atomic E-state index is -1.15. The number of aliphatic carboxylic acids is 1. The van der Waals surface area contributed by atoms with E-state index in [1.807, 2.05) is 0 Å². The fourth-order valence-corrected chi connectivity index (χ4v) is 2.01. The first-order chi connectivity index (χ1) is 9.36. The van der Waals surface area contributed by atoms with E-state index in [9.17, 15) is 19.8 Å². The van der Waals surface area contributed by atoms with Crippen LogP contribution in [-0.4, -0.2) is 71.5 Å². The first-order valence-electron chi connectivity index (χ1n) is 6.28. The average molecular weight is 292 g/mol. The van der Waals surface area contributed by atoms with Gasteiger partial charge in [-0.3, -0.25) is 9.59 Å². The molecule has 0 amide bonds. The third-order valence-corrected chi connectivity index (χ3v) is 3.15. The van der Waals surface area contributed by atoms with Crippen molar-refractivity contribution in [3.63, 3.8) is 0 Å². The van der Waals surface area contributed by atoms with E-state index in [2.05, 4.69) is 0 Å². The Balaban J connectivity index is 2.48. The number of carbonyl (C=O) groups is 2. The number of hydrogen-bond acceptors (Lipinski definition) is 7. The van der Waals surface area contributed by atoms with Gasteiger partial charge in [-0.25, -0.2) is 0 Å². The molecular weight excluding hydrogens is 272 g/mol. The third kappa shape index (κ3) is 4.41. The average Bonchev–Trinajstić information content (AvgIpc) is 2.40. The number of esters is 1. The maximum Gasteiger partial charge on any atom is 0.306 e. The second-order valence-electron chi connectivity index (χ2n) is 4.64. The van der Waals surface area contributed by atoms with Gasteiger partial charge in [-0.1, -0.05) is 0 Å². The van der Waals surface area contributed by atoms with Crippen LogP contribution in [-0.2, 0) is 23.8 Å². The van der Waals surface area contributed by atoms with E-state index < -0.39 is 42.5 Å². The maximum atomic E-state index is 11.3. The Hall–Kier alpha value is -1.22. The summed E-state index contributed by atoms with van der Waals surface area (Å²) in [4.78, 5) is 21.6. The van der Waals surface area contributed by atoms with Crippen LogP contribution in [0.15, 0.2) is 0 Å². The van der Waals surface area contributed by atoms with Crippen LogP contribution in [0.5, 0.6) is 0 Å². The van der Waals surface area contributed by atoms with Crippen molar-refractivity contribution in [3.05, 3.63) is 0 Å². The Labute approximate surface area is 116 Å². The molecule has 0 aliphatic carbocycles. The number of rotatable bonds is 6. The topological polar surface area (TPSA) is 123 Å². The van der Waals surface area contributed by atoms with E-state index in [0.29, 0.717) is 0 Å². The van der Waals surface area contributed by atoms with Crippen molar-refractivity contribution in [1.82, 2.24) is 0 Å². The van der Waals surface area contributed by atoms with E-state index >= 15 is 0 Å². The monoisotopic (exact) mass is 292 g/mol. The summed E-state index contributed by atoms with van der Waals surface area (Å²) in [5.41, 5.74) is 0. The number of ether oxygens (including phenoxy) is 3. The molecule has 8 nitrogen and oxygen atoms in total. The molecule has 1 heterocycles. The Morgan fingerprint density at radius 1 is 1.20 bits per heavy atom. The highest BCUT2D eigenvalue weighted by atomic mass is 16.6. The van der Waals surface area contributed by atoms with Gasteiger partial charge < -0.3 is 29.5 Å². The van der Waals surface area contributed by atoms with Gasteiger partial charge in [-0.15, -0.1) is 0 Å². The lowest BCUT2D eigenvalue weighted by atomic mass is 9.96. The van der Waals surface area contributed by atoms with Crippen LogP contribution in [0.3, 0.4) is 0 Å². The molecule has 0 spiro atoms. The summed E-state index contributed by atoms with van der Waals surface area (Å²) < 4.78 is 15.4. The zero-order valence-corrected chi connectivity index (χ0v) is 11.4. The molecule has 5 atom stereocenters. The highest BCUT2D eigenvalue weighted by molar-refractivity contribution is 5.76. The van der Waals surface area contributed by atoms with Crippen molar-refractivity contribution in [1.29, 1.82) is 0 Å². The maximum absolute atomic E-state index is 11.3. The largest absolute Gasteiger partial charge is 0.481 e. The van der Waals surface area contributed by atoms with Gasteiger partial charge in [-0.05, 0) is 6.92 Å². The second-order valence-corrected chi connectivity index (χ2v) is 4.64. The first-order valence-corrected chi connectivity index (χ1v) is 6.28. The van der Waals surface area contributed by atoms with Crippen LogP contribution in [0, 0.1) is 0 Å². The molecule has 1 rings (SSSR count). The molecule has 0 aromatic rings. The van der Waals surface area contributed by atoms with Gasteiger partial charge >= 0.3 is 11.9 Å². The van der Waals surface area contributed by atoms with Crippen LogP contribution in [0.1, 0.15) is 19.8 Å². The van der Waals surface area contributed by atoms with Crippen LogP contribution >= 0.6 is 0 Å². The van der Waals surface area contributed by atoms with Crippen molar-refractivity contribution in [2.75, 3.05) is 13.7 Å². The molecule has 0 radical (unpaired) electrons. The highest BCUT2D eigenvalue weighted by Gasteiger charge is 2.43. The predicted octanol–water partition coefficient (Wildman–Crippen LogP) is -1.08. The lowest BCUT2D eigenvalue weighted by Crippen LogP contribution is -2.58. The summed E-state index contributed by atoms with van der Waals surface area (Å²) in [6.07, 6.45) is -4.95. The summed E-state index contributed by atoms with van der Waals surface area (Å²) in [6.45, 7) is 1.41. The molecule has 0 saturated carbocycles. The van der Waals surface area contributed by atoms with Crippen molar-refractivity contribution in [3.8, 4) is 0 Å². The van der Waals surface area contributed by atoms with Crippen LogP contribution in [0.4, 0.5) is 0 Å². The molecule has 116 valence electrons. The Morgan fingerprint density at radius 2 is 1.85 bits per heavy atom. The van der Waals surface area contributed by atoms with Gasteiger partial charge in [0, 0.05) is 7.11 Å². The van der Waals surface area contributed by atoms with Gasteiger partial charge in [0.15, 0.2) is 0 Å². The molecule has 20 heavy (non-hydrogen) atoms. The molecule has 0 aromatic carbocycles. The summed E-state index contributed by atoms with van der Waals surface area (Å²) >= 11 is 0. The minimum Gasteiger partial charge on any atom is -0.481 e. The molecule has 1 fully saturated rings. The number of carboxylic acid groups (broad SMARTS) is 1. The molecular formula is C12H20O8. The molecule has 1 saturated heterocycles. The summed E-state index contributed by atoms with van der Waals surface area (Å²) in [5.74, 6) is -1.75. The van der Waals surface area contributed by atoms with Gasteiger partial charge in [0.05, 0.1) is 18.9 Å². The normalized spacial score (nSPS) is 33.7. The lowest BCUT2D eigenvalue weighted by molar-refractivity contribution is -0.234. The van der Waals surface area contributed by atoms with Crippen LogP contribution in [0.2, 0.25) is 0 Å². The van der Waals surface area contributed by atoms with E-state index in [1.165, 1.54) is 7.11 Å². The van der Waals surface area contributed by atoms with E-state index in [1.54, 1.807) is 6.92 Å². The predicted molar refractivity (Wildman–Crippen MR) is 65.0 cm³/mol.